The minimum absolute atomic E-state index is 0.210. The van der Waals surface area contributed by atoms with Gasteiger partial charge in [0.05, 0.1) is 5.32 Å². The molecule has 0 unspecified atom stereocenters. The van der Waals surface area contributed by atoms with Gasteiger partial charge in [-0.15, -0.1) is 5.10 Å². The lowest BCUT2D eigenvalue weighted by molar-refractivity contribution is 0.276. The Morgan fingerprint density at radius 2 is 2.15 bits per heavy atom. The molecule has 0 aromatic carbocycles. The van der Waals surface area contributed by atoms with Crippen LogP contribution in [0.5, 0.6) is 0 Å². The first kappa shape index (κ1) is 10.4. The van der Waals surface area contributed by atoms with Crippen molar-refractivity contribution in [3.05, 3.63) is 6.20 Å². The van der Waals surface area contributed by atoms with E-state index in [1.807, 2.05) is 10.9 Å². The van der Waals surface area contributed by atoms with Gasteiger partial charge in [-0.25, -0.2) is 0 Å². The Morgan fingerprint density at radius 3 is 2.62 bits per heavy atom. The molecular weight excluding hydrogens is 182 g/mol. The van der Waals surface area contributed by atoms with Crippen molar-refractivity contribution in [2.24, 2.45) is 0 Å². The Kier molecular flexibility index (Phi) is 3.21. The van der Waals surface area contributed by atoms with Crippen LogP contribution in [-0.4, -0.2) is 34.8 Å². The topological polar surface area (TPSA) is 50.9 Å². The zero-order valence-corrected chi connectivity index (χ0v) is 9.49. The molecule has 0 spiro atoms. The van der Waals surface area contributed by atoms with E-state index in [0.29, 0.717) is 0 Å². The number of aromatic nitrogens is 3. The molecule has 1 rings (SSSR count). The standard InChI is InChI=1S/C8H17N3OSi/c1-13(2,3)8-7-11(10-9-8)5-4-6-12/h7,12H,4-6H2,1-3H3. The van der Waals surface area contributed by atoms with Crippen LogP contribution in [0.15, 0.2) is 6.20 Å². The van der Waals surface area contributed by atoms with Crippen LogP contribution in [0.25, 0.3) is 0 Å². The molecule has 1 heterocycles. The summed E-state index contributed by atoms with van der Waals surface area (Å²) in [5.41, 5.74) is 0. The highest BCUT2D eigenvalue weighted by Crippen LogP contribution is 1.98. The molecule has 0 aliphatic heterocycles. The number of rotatable bonds is 4. The van der Waals surface area contributed by atoms with Crippen molar-refractivity contribution in [3.63, 3.8) is 0 Å². The molecule has 0 fully saturated rings. The van der Waals surface area contributed by atoms with Gasteiger partial charge < -0.3 is 5.11 Å². The maximum absolute atomic E-state index is 8.64. The molecule has 13 heavy (non-hydrogen) atoms. The van der Waals surface area contributed by atoms with Crippen molar-refractivity contribution in [2.75, 3.05) is 6.61 Å². The van der Waals surface area contributed by atoms with Crippen LogP contribution in [0.2, 0.25) is 19.6 Å². The maximum Gasteiger partial charge on any atom is 0.106 e. The molecule has 0 saturated heterocycles. The number of nitrogens with zero attached hydrogens (tertiary/aromatic N) is 3. The average molecular weight is 199 g/mol. The third kappa shape index (κ3) is 2.93. The summed E-state index contributed by atoms with van der Waals surface area (Å²) in [6, 6.07) is 0. The van der Waals surface area contributed by atoms with Gasteiger partial charge in [0, 0.05) is 19.3 Å². The minimum Gasteiger partial charge on any atom is -0.396 e. The highest BCUT2D eigenvalue weighted by molar-refractivity contribution is 6.88. The van der Waals surface area contributed by atoms with Crippen molar-refractivity contribution in [3.8, 4) is 0 Å². The average Bonchev–Trinajstić information content (AvgIpc) is 2.47. The summed E-state index contributed by atoms with van der Waals surface area (Å²) in [4.78, 5) is 0. The molecule has 0 amide bonds. The van der Waals surface area contributed by atoms with Gasteiger partial charge in [-0.05, 0) is 6.42 Å². The predicted molar refractivity (Wildman–Crippen MR) is 54.7 cm³/mol. The van der Waals surface area contributed by atoms with Crippen LogP contribution in [0.1, 0.15) is 6.42 Å². The van der Waals surface area contributed by atoms with Crippen LogP contribution in [0.3, 0.4) is 0 Å². The van der Waals surface area contributed by atoms with Crippen molar-refractivity contribution in [1.82, 2.24) is 15.0 Å². The van der Waals surface area contributed by atoms with Gasteiger partial charge in [0.1, 0.15) is 8.07 Å². The van der Waals surface area contributed by atoms with Crippen molar-refractivity contribution >= 4 is 13.4 Å². The predicted octanol–water partition coefficient (Wildman–Crippen LogP) is 0.206. The lowest BCUT2D eigenvalue weighted by atomic mass is 10.5. The third-order valence-corrected chi connectivity index (χ3v) is 3.62. The first-order chi connectivity index (χ1) is 6.04. The summed E-state index contributed by atoms with van der Waals surface area (Å²) in [5.74, 6) is 0. The van der Waals surface area contributed by atoms with Crippen LogP contribution in [0, 0.1) is 0 Å². The first-order valence-corrected chi connectivity index (χ1v) is 8.05. The number of aliphatic hydroxyl groups excluding tert-OH is 1. The van der Waals surface area contributed by atoms with E-state index in [4.69, 9.17) is 5.11 Å². The van der Waals surface area contributed by atoms with Gasteiger partial charge in [-0.2, -0.15) is 0 Å². The molecular formula is C8H17N3OSi. The Balaban J connectivity index is 2.64. The summed E-state index contributed by atoms with van der Waals surface area (Å²) < 4.78 is 1.81. The van der Waals surface area contributed by atoms with E-state index < -0.39 is 8.07 Å². The number of aliphatic hydroxyl groups is 1. The van der Waals surface area contributed by atoms with Crippen molar-refractivity contribution < 1.29 is 5.11 Å². The molecule has 5 heteroatoms. The molecule has 1 aromatic rings. The zero-order chi connectivity index (χ0) is 9.90. The second-order valence-corrected chi connectivity index (χ2v) is 9.21. The van der Waals surface area contributed by atoms with E-state index in [0.717, 1.165) is 18.3 Å². The minimum atomic E-state index is -1.31. The van der Waals surface area contributed by atoms with Crippen LogP contribution < -0.4 is 5.32 Å². The van der Waals surface area contributed by atoms with Gasteiger partial charge in [0.25, 0.3) is 0 Å². The Bertz CT molecular complexity index is 267. The highest BCUT2D eigenvalue weighted by atomic mass is 28.3. The SMILES string of the molecule is C[Si](C)(C)c1cn(CCCO)nn1. The molecule has 1 N–H and O–H groups in total. The monoisotopic (exact) mass is 199 g/mol. The van der Waals surface area contributed by atoms with E-state index in [1.54, 1.807) is 0 Å². The van der Waals surface area contributed by atoms with Gasteiger partial charge in [0.15, 0.2) is 0 Å². The lowest BCUT2D eigenvalue weighted by Gasteiger charge is -2.09. The van der Waals surface area contributed by atoms with Gasteiger partial charge in [-0.3, -0.25) is 4.68 Å². The number of hydrogen-bond acceptors (Lipinski definition) is 3. The molecule has 1 aromatic heterocycles. The van der Waals surface area contributed by atoms with Crippen LogP contribution in [-0.2, 0) is 6.54 Å². The molecule has 0 saturated carbocycles. The third-order valence-electron chi connectivity index (χ3n) is 1.85. The molecule has 0 atom stereocenters. The zero-order valence-electron chi connectivity index (χ0n) is 8.49. The molecule has 4 nitrogen and oxygen atoms in total. The second-order valence-electron chi connectivity index (χ2n) is 4.19. The Labute approximate surface area is 79.6 Å². The molecule has 0 radical (unpaired) electrons. The fourth-order valence-electron chi connectivity index (χ4n) is 0.984. The highest BCUT2D eigenvalue weighted by Gasteiger charge is 2.20. The smallest absolute Gasteiger partial charge is 0.106 e. The summed E-state index contributed by atoms with van der Waals surface area (Å²) in [5, 5.41) is 17.9. The first-order valence-electron chi connectivity index (χ1n) is 4.55. The molecule has 0 aliphatic rings. The molecule has 74 valence electrons. The van der Waals surface area contributed by atoms with Gasteiger partial charge in [-0.1, -0.05) is 24.9 Å². The fourth-order valence-corrected chi connectivity index (χ4v) is 1.87. The summed E-state index contributed by atoms with van der Waals surface area (Å²) in [6.45, 7) is 7.70. The normalized spacial score (nSPS) is 12.0. The summed E-state index contributed by atoms with van der Waals surface area (Å²) in [6.07, 6.45) is 2.75. The number of hydrogen-bond donors (Lipinski definition) is 1. The lowest BCUT2D eigenvalue weighted by Crippen LogP contribution is -2.38. The summed E-state index contributed by atoms with van der Waals surface area (Å²) >= 11 is 0. The van der Waals surface area contributed by atoms with E-state index in [-0.39, 0.29) is 6.61 Å². The quantitative estimate of drug-likeness (QED) is 0.705. The number of aryl methyl sites for hydroxylation is 1. The fraction of sp³-hybridized carbons (Fsp3) is 0.750. The van der Waals surface area contributed by atoms with E-state index in [1.165, 1.54) is 0 Å². The van der Waals surface area contributed by atoms with E-state index in [2.05, 4.69) is 30.0 Å². The van der Waals surface area contributed by atoms with Crippen molar-refractivity contribution in [1.29, 1.82) is 0 Å². The molecule has 0 bridgehead atoms. The summed E-state index contributed by atoms with van der Waals surface area (Å²) in [7, 11) is -1.31. The Morgan fingerprint density at radius 1 is 1.46 bits per heavy atom. The van der Waals surface area contributed by atoms with E-state index >= 15 is 0 Å². The van der Waals surface area contributed by atoms with Crippen LogP contribution in [0.4, 0.5) is 0 Å². The Hall–Kier alpha value is -0.683. The van der Waals surface area contributed by atoms with E-state index in [9.17, 15) is 0 Å². The van der Waals surface area contributed by atoms with Gasteiger partial charge >= 0.3 is 0 Å². The van der Waals surface area contributed by atoms with Crippen LogP contribution >= 0.6 is 0 Å². The molecule has 0 aliphatic carbocycles. The maximum atomic E-state index is 8.64. The largest absolute Gasteiger partial charge is 0.396 e. The van der Waals surface area contributed by atoms with Crippen molar-refractivity contribution in [2.45, 2.75) is 32.6 Å². The van der Waals surface area contributed by atoms with Gasteiger partial charge in [0.2, 0.25) is 0 Å². The second kappa shape index (κ2) is 4.02.